The van der Waals surface area contributed by atoms with Crippen LogP contribution in [0.25, 0.3) is 0 Å². The smallest absolute Gasteiger partial charge is 0.131 e. The molecule has 21 heavy (non-hydrogen) atoms. The Balaban J connectivity index is 1.82. The van der Waals surface area contributed by atoms with Crippen LogP contribution in [0.5, 0.6) is 0 Å². The van der Waals surface area contributed by atoms with Crippen molar-refractivity contribution >= 4 is 0 Å². The van der Waals surface area contributed by atoms with E-state index in [9.17, 15) is 0 Å². The largest absolute Gasteiger partial charge is 0.313 e. The van der Waals surface area contributed by atoms with Crippen molar-refractivity contribution in [3.8, 4) is 0 Å². The van der Waals surface area contributed by atoms with Gasteiger partial charge in [0.2, 0.25) is 0 Å². The van der Waals surface area contributed by atoms with E-state index in [1.54, 1.807) is 0 Å². The number of aryl methyl sites for hydroxylation is 1. The molecular weight excluding hydrogens is 258 g/mol. The van der Waals surface area contributed by atoms with Crippen LogP contribution in [0.15, 0.2) is 6.20 Å². The Hall–Kier alpha value is -0.960. The minimum atomic E-state index is 0.453. The summed E-state index contributed by atoms with van der Waals surface area (Å²) < 4.78 is 0. The number of nitrogens with one attached hydrogen (secondary N) is 1. The van der Waals surface area contributed by atoms with Gasteiger partial charge in [-0.1, -0.05) is 38.5 Å². The molecule has 1 heterocycles. The molecule has 0 amide bonds. The topological polar surface area (TPSA) is 37.8 Å². The first-order valence-electron chi connectivity index (χ1n) is 8.91. The molecule has 1 saturated carbocycles. The lowest BCUT2D eigenvalue weighted by atomic mass is 9.90. The SMILES string of the molecule is CNC1CCCCc2nc(C3CCCCCCC3)ncc21. The van der Waals surface area contributed by atoms with Crippen molar-refractivity contribution in [3.05, 3.63) is 23.3 Å². The normalized spacial score (nSPS) is 24.7. The van der Waals surface area contributed by atoms with E-state index in [0.717, 1.165) is 12.2 Å². The monoisotopic (exact) mass is 287 g/mol. The zero-order valence-electron chi connectivity index (χ0n) is 13.4. The summed E-state index contributed by atoms with van der Waals surface area (Å²) in [5.41, 5.74) is 2.67. The Morgan fingerprint density at radius 3 is 2.43 bits per heavy atom. The number of hydrogen-bond acceptors (Lipinski definition) is 3. The van der Waals surface area contributed by atoms with Crippen molar-refractivity contribution in [2.24, 2.45) is 0 Å². The second-order valence-electron chi connectivity index (χ2n) is 6.76. The zero-order chi connectivity index (χ0) is 14.5. The first-order chi connectivity index (χ1) is 10.4. The van der Waals surface area contributed by atoms with Gasteiger partial charge < -0.3 is 5.32 Å². The molecule has 3 heteroatoms. The van der Waals surface area contributed by atoms with E-state index in [-0.39, 0.29) is 0 Å². The lowest BCUT2D eigenvalue weighted by molar-refractivity contribution is 0.440. The summed E-state index contributed by atoms with van der Waals surface area (Å²) in [7, 11) is 2.06. The van der Waals surface area contributed by atoms with E-state index in [0.29, 0.717) is 12.0 Å². The van der Waals surface area contributed by atoms with Crippen LogP contribution in [-0.4, -0.2) is 17.0 Å². The summed E-state index contributed by atoms with van der Waals surface area (Å²) in [6, 6.07) is 0.453. The molecule has 0 bridgehead atoms. The fourth-order valence-electron chi connectivity index (χ4n) is 3.94. The van der Waals surface area contributed by atoms with Crippen LogP contribution in [0, 0.1) is 0 Å². The maximum atomic E-state index is 5.02. The van der Waals surface area contributed by atoms with Gasteiger partial charge in [0.05, 0.1) is 0 Å². The molecule has 0 radical (unpaired) electrons. The van der Waals surface area contributed by atoms with Crippen LogP contribution >= 0.6 is 0 Å². The number of aromatic nitrogens is 2. The fourth-order valence-corrected chi connectivity index (χ4v) is 3.94. The lowest BCUT2D eigenvalue weighted by Gasteiger charge is -2.21. The van der Waals surface area contributed by atoms with Gasteiger partial charge in [0, 0.05) is 29.4 Å². The van der Waals surface area contributed by atoms with Gasteiger partial charge in [0.1, 0.15) is 5.82 Å². The van der Waals surface area contributed by atoms with E-state index in [1.165, 1.54) is 75.5 Å². The molecule has 1 N–H and O–H groups in total. The molecular formula is C18H29N3. The van der Waals surface area contributed by atoms with Crippen molar-refractivity contribution in [2.45, 2.75) is 82.6 Å². The minimum absolute atomic E-state index is 0.453. The van der Waals surface area contributed by atoms with Crippen LogP contribution in [-0.2, 0) is 6.42 Å². The molecule has 0 aliphatic heterocycles. The van der Waals surface area contributed by atoms with Crippen LogP contribution in [0.1, 0.15) is 93.2 Å². The molecule has 2 aliphatic rings. The highest BCUT2D eigenvalue weighted by atomic mass is 14.9. The third kappa shape index (κ3) is 3.63. The third-order valence-electron chi connectivity index (χ3n) is 5.27. The molecule has 1 atom stereocenters. The van der Waals surface area contributed by atoms with Crippen molar-refractivity contribution in [2.75, 3.05) is 7.05 Å². The Morgan fingerprint density at radius 2 is 1.67 bits per heavy atom. The molecule has 1 fully saturated rings. The highest BCUT2D eigenvalue weighted by Crippen LogP contribution is 2.32. The van der Waals surface area contributed by atoms with Crippen LogP contribution in [0.4, 0.5) is 0 Å². The second-order valence-corrected chi connectivity index (χ2v) is 6.76. The number of rotatable bonds is 2. The Bertz CT molecular complexity index is 450. The maximum absolute atomic E-state index is 5.02. The second kappa shape index (κ2) is 7.35. The van der Waals surface area contributed by atoms with Crippen LogP contribution in [0.3, 0.4) is 0 Å². The molecule has 1 aromatic heterocycles. The average molecular weight is 287 g/mol. The number of nitrogens with zero attached hydrogens (tertiary/aromatic N) is 2. The summed E-state index contributed by atoms with van der Waals surface area (Å²) in [5, 5.41) is 3.44. The molecule has 0 saturated heterocycles. The molecule has 2 aliphatic carbocycles. The van der Waals surface area contributed by atoms with E-state index in [2.05, 4.69) is 18.6 Å². The van der Waals surface area contributed by atoms with E-state index >= 15 is 0 Å². The average Bonchev–Trinajstić information content (AvgIpc) is 2.68. The van der Waals surface area contributed by atoms with Gasteiger partial charge in [-0.25, -0.2) is 9.97 Å². The van der Waals surface area contributed by atoms with Gasteiger partial charge in [-0.2, -0.15) is 0 Å². The van der Waals surface area contributed by atoms with Gasteiger partial charge in [-0.15, -0.1) is 0 Å². The first-order valence-corrected chi connectivity index (χ1v) is 8.91. The molecule has 3 rings (SSSR count). The number of hydrogen-bond donors (Lipinski definition) is 1. The van der Waals surface area contributed by atoms with E-state index in [1.807, 2.05) is 0 Å². The highest BCUT2D eigenvalue weighted by molar-refractivity contribution is 5.24. The molecule has 0 aromatic carbocycles. The van der Waals surface area contributed by atoms with E-state index < -0.39 is 0 Å². The summed E-state index contributed by atoms with van der Waals surface area (Å²) in [6.07, 6.45) is 16.5. The van der Waals surface area contributed by atoms with Crippen LogP contribution in [0.2, 0.25) is 0 Å². The Kier molecular flexibility index (Phi) is 5.23. The predicted molar refractivity (Wildman–Crippen MR) is 86.4 cm³/mol. The maximum Gasteiger partial charge on any atom is 0.131 e. The van der Waals surface area contributed by atoms with Crippen molar-refractivity contribution in [3.63, 3.8) is 0 Å². The highest BCUT2D eigenvalue weighted by Gasteiger charge is 2.22. The zero-order valence-corrected chi connectivity index (χ0v) is 13.4. The summed E-state index contributed by atoms with van der Waals surface area (Å²) in [4.78, 5) is 9.79. The van der Waals surface area contributed by atoms with E-state index in [4.69, 9.17) is 9.97 Å². The first kappa shape index (κ1) is 15.0. The summed E-state index contributed by atoms with van der Waals surface area (Å²) >= 11 is 0. The predicted octanol–water partition coefficient (Wildman–Crippen LogP) is 4.29. The van der Waals surface area contributed by atoms with Gasteiger partial charge in [-0.3, -0.25) is 0 Å². The minimum Gasteiger partial charge on any atom is -0.313 e. The Labute approximate surface area is 129 Å². The molecule has 3 nitrogen and oxygen atoms in total. The summed E-state index contributed by atoms with van der Waals surface area (Å²) in [6.45, 7) is 0. The number of fused-ring (bicyclic) bond motifs is 1. The molecule has 1 unspecified atom stereocenters. The van der Waals surface area contributed by atoms with Gasteiger partial charge in [0.15, 0.2) is 0 Å². The van der Waals surface area contributed by atoms with Gasteiger partial charge in [0.25, 0.3) is 0 Å². The van der Waals surface area contributed by atoms with Crippen LogP contribution < -0.4 is 5.32 Å². The molecule has 0 spiro atoms. The lowest BCUT2D eigenvalue weighted by Crippen LogP contribution is -2.18. The summed E-state index contributed by atoms with van der Waals surface area (Å²) in [5.74, 6) is 1.74. The van der Waals surface area contributed by atoms with Gasteiger partial charge >= 0.3 is 0 Å². The standard InChI is InChI=1S/C18H29N3/c1-19-16-11-7-8-12-17-15(16)13-20-18(21-17)14-9-5-3-2-4-6-10-14/h13-14,16,19H,2-12H2,1H3. The Morgan fingerprint density at radius 1 is 0.952 bits per heavy atom. The fraction of sp³-hybridized carbons (Fsp3) is 0.778. The van der Waals surface area contributed by atoms with Gasteiger partial charge in [-0.05, 0) is 39.2 Å². The van der Waals surface area contributed by atoms with Crippen molar-refractivity contribution < 1.29 is 0 Å². The molecule has 1 aromatic rings. The quantitative estimate of drug-likeness (QED) is 0.824. The van der Waals surface area contributed by atoms with Crippen molar-refractivity contribution in [1.29, 1.82) is 0 Å². The van der Waals surface area contributed by atoms with Crippen molar-refractivity contribution in [1.82, 2.24) is 15.3 Å². The third-order valence-corrected chi connectivity index (χ3v) is 5.27. The molecule has 116 valence electrons.